The van der Waals surface area contributed by atoms with Crippen molar-refractivity contribution < 1.29 is 18.0 Å². The molecule has 0 fully saturated rings. The van der Waals surface area contributed by atoms with Crippen molar-refractivity contribution in [1.29, 1.82) is 0 Å². The summed E-state index contributed by atoms with van der Waals surface area (Å²) in [4.78, 5) is 24.1. The van der Waals surface area contributed by atoms with Gasteiger partial charge < -0.3 is 0 Å². The van der Waals surface area contributed by atoms with Gasteiger partial charge in [-0.15, -0.1) is 0 Å². The minimum atomic E-state index is -3.67. The van der Waals surface area contributed by atoms with Crippen molar-refractivity contribution in [3.8, 4) is 0 Å². The molecule has 0 heterocycles. The Bertz CT molecular complexity index is 1110. The van der Waals surface area contributed by atoms with E-state index in [1.165, 1.54) is 12.1 Å². The van der Waals surface area contributed by atoms with Gasteiger partial charge in [-0.2, -0.15) is 0 Å². The van der Waals surface area contributed by atoms with Crippen LogP contribution >= 0.6 is 0 Å². The van der Waals surface area contributed by atoms with Crippen LogP contribution in [0.2, 0.25) is 0 Å². The Kier molecular flexibility index (Phi) is 6.58. The van der Waals surface area contributed by atoms with Crippen molar-refractivity contribution in [2.75, 3.05) is 6.54 Å². The van der Waals surface area contributed by atoms with Gasteiger partial charge in [-0.1, -0.05) is 60.7 Å². The van der Waals surface area contributed by atoms with Gasteiger partial charge in [0.1, 0.15) is 0 Å². The summed E-state index contributed by atoms with van der Waals surface area (Å²) < 4.78 is 26.5. The minimum absolute atomic E-state index is 0.0811. The van der Waals surface area contributed by atoms with Gasteiger partial charge in [0.25, 0.3) is 0 Å². The first-order chi connectivity index (χ1) is 14.0. The number of amides is 2. The van der Waals surface area contributed by atoms with Crippen LogP contribution in [0, 0.1) is 0 Å². The number of sulfonamides is 1. The number of hydrogen-bond donors (Lipinski definition) is 3. The van der Waals surface area contributed by atoms with Crippen LogP contribution in [-0.2, 0) is 26.0 Å². The summed E-state index contributed by atoms with van der Waals surface area (Å²) >= 11 is 0. The van der Waals surface area contributed by atoms with Crippen molar-refractivity contribution in [2.24, 2.45) is 0 Å². The summed E-state index contributed by atoms with van der Waals surface area (Å²) in [5.41, 5.74) is 5.51. The molecule has 0 aliphatic carbocycles. The van der Waals surface area contributed by atoms with Gasteiger partial charge >= 0.3 is 0 Å². The summed E-state index contributed by atoms with van der Waals surface area (Å²) in [6.45, 7) is -0.0811. The summed E-state index contributed by atoms with van der Waals surface area (Å²) in [5, 5.41) is 2.01. The first-order valence-electron chi connectivity index (χ1n) is 9.05. The number of fused-ring (bicyclic) bond motifs is 1. The first kappa shape index (κ1) is 20.5. The normalized spacial score (nSPS) is 11.2. The fraction of sp³-hybridized carbons (Fsp3) is 0.143. The smallest absolute Gasteiger partial charge is 0.242 e. The van der Waals surface area contributed by atoms with Crippen molar-refractivity contribution in [2.45, 2.75) is 17.7 Å². The Morgan fingerprint density at radius 2 is 1.41 bits per heavy atom. The summed E-state index contributed by atoms with van der Waals surface area (Å²) in [6.07, 6.45) is 0.00286. The maximum Gasteiger partial charge on any atom is 0.242 e. The predicted molar refractivity (Wildman–Crippen MR) is 110 cm³/mol. The van der Waals surface area contributed by atoms with E-state index < -0.39 is 15.9 Å². The molecule has 0 unspecified atom stereocenters. The highest BCUT2D eigenvalue weighted by Crippen LogP contribution is 2.18. The van der Waals surface area contributed by atoms with Crippen molar-refractivity contribution in [1.82, 2.24) is 15.6 Å². The van der Waals surface area contributed by atoms with Crippen molar-refractivity contribution >= 4 is 32.6 Å². The Balaban J connectivity index is 1.45. The SMILES string of the molecule is O=C(CCNS(=O)(=O)c1ccccc1)NNC(=O)Cc1cccc2ccccc12. The maximum absolute atomic E-state index is 12.1. The molecule has 3 N–H and O–H groups in total. The predicted octanol–water partition coefficient (Wildman–Crippen LogP) is 1.90. The second kappa shape index (κ2) is 9.31. The largest absolute Gasteiger partial charge is 0.273 e. The van der Waals surface area contributed by atoms with E-state index in [0.29, 0.717) is 0 Å². The molecule has 0 saturated carbocycles. The highest BCUT2D eigenvalue weighted by atomic mass is 32.2. The standard InChI is InChI=1S/C21H21N3O4S/c25-20(13-14-22-29(27,28)18-10-2-1-3-11-18)23-24-21(26)15-17-9-6-8-16-7-4-5-12-19(16)17/h1-12,22H,13-15H2,(H,23,25)(H,24,26). The third-order valence-corrected chi connectivity index (χ3v) is 5.75. The molecule has 3 rings (SSSR count). The number of rotatable bonds is 7. The average Bonchev–Trinajstić information content (AvgIpc) is 2.73. The molecule has 0 atom stereocenters. The number of carbonyl (C=O) groups excluding carboxylic acids is 2. The molecule has 7 nitrogen and oxygen atoms in total. The minimum Gasteiger partial charge on any atom is -0.273 e. The zero-order chi connectivity index (χ0) is 20.7. The molecule has 2 amide bonds. The van der Waals surface area contributed by atoms with E-state index in [0.717, 1.165) is 16.3 Å². The first-order valence-corrected chi connectivity index (χ1v) is 10.5. The van der Waals surface area contributed by atoms with Crippen LogP contribution in [0.25, 0.3) is 10.8 Å². The fourth-order valence-corrected chi connectivity index (χ4v) is 3.90. The lowest BCUT2D eigenvalue weighted by Crippen LogP contribution is -2.43. The molecule has 0 aromatic heterocycles. The molecule has 150 valence electrons. The van der Waals surface area contributed by atoms with Gasteiger partial charge in [0.05, 0.1) is 11.3 Å². The molecule has 0 radical (unpaired) electrons. The topological polar surface area (TPSA) is 104 Å². The summed E-state index contributed by atoms with van der Waals surface area (Å²) in [7, 11) is -3.67. The zero-order valence-corrected chi connectivity index (χ0v) is 16.4. The number of hydrazine groups is 1. The highest BCUT2D eigenvalue weighted by molar-refractivity contribution is 7.89. The molecule has 29 heavy (non-hydrogen) atoms. The Morgan fingerprint density at radius 1 is 0.759 bits per heavy atom. The van der Waals surface area contributed by atoms with Crippen LogP contribution in [-0.4, -0.2) is 26.8 Å². The van der Waals surface area contributed by atoms with E-state index in [4.69, 9.17) is 0 Å². The second-order valence-corrected chi connectivity index (χ2v) is 8.14. The van der Waals surface area contributed by atoms with E-state index in [-0.39, 0.29) is 30.2 Å². The van der Waals surface area contributed by atoms with E-state index in [1.54, 1.807) is 18.2 Å². The van der Waals surface area contributed by atoms with Gasteiger partial charge in [-0.3, -0.25) is 20.4 Å². The molecule has 0 bridgehead atoms. The van der Waals surface area contributed by atoms with Crippen LogP contribution in [0.15, 0.2) is 77.7 Å². The van der Waals surface area contributed by atoms with Gasteiger partial charge in [0.15, 0.2) is 0 Å². The third kappa shape index (κ3) is 5.63. The average molecular weight is 411 g/mol. The van der Waals surface area contributed by atoms with Crippen LogP contribution in [0.3, 0.4) is 0 Å². The lowest BCUT2D eigenvalue weighted by atomic mass is 10.0. The van der Waals surface area contributed by atoms with E-state index in [1.807, 2.05) is 42.5 Å². The molecule has 0 saturated heterocycles. The molecule has 0 spiro atoms. The number of carbonyl (C=O) groups is 2. The molecule has 0 aliphatic rings. The highest BCUT2D eigenvalue weighted by Gasteiger charge is 2.14. The van der Waals surface area contributed by atoms with Crippen molar-refractivity contribution in [3.05, 3.63) is 78.4 Å². The Hall–Kier alpha value is -3.23. The fourth-order valence-electron chi connectivity index (χ4n) is 2.85. The number of benzene rings is 3. The zero-order valence-electron chi connectivity index (χ0n) is 15.6. The molecular formula is C21H21N3O4S. The van der Waals surface area contributed by atoms with Crippen LogP contribution < -0.4 is 15.6 Å². The number of nitrogens with one attached hydrogen (secondary N) is 3. The molecular weight excluding hydrogens is 390 g/mol. The van der Waals surface area contributed by atoms with Crippen molar-refractivity contribution in [3.63, 3.8) is 0 Å². The quantitative estimate of drug-likeness (QED) is 0.517. The lowest BCUT2D eigenvalue weighted by molar-refractivity contribution is -0.128. The van der Waals surface area contributed by atoms with Gasteiger partial charge in [-0.05, 0) is 28.5 Å². The van der Waals surface area contributed by atoms with Crippen LogP contribution in [0.5, 0.6) is 0 Å². The Morgan fingerprint density at radius 3 is 2.21 bits per heavy atom. The van der Waals surface area contributed by atoms with Crippen LogP contribution in [0.1, 0.15) is 12.0 Å². The lowest BCUT2D eigenvalue weighted by Gasteiger charge is -2.10. The number of hydrogen-bond acceptors (Lipinski definition) is 4. The summed E-state index contributed by atoms with van der Waals surface area (Å²) in [5.74, 6) is -0.855. The summed E-state index contributed by atoms with van der Waals surface area (Å²) in [6, 6.07) is 21.3. The molecule has 3 aromatic rings. The van der Waals surface area contributed by atoms with E-state index in [9.17, 15) is 18.0 Å². The van der Waals surface area contributed by atoms with Gasteiger partial charge in [0.2, 0.25) is 21.8 Å². The van der Waals surface area contributed by atoms with Gasteiger partial charge in [0, 0.05) is 13.0 Å². The third-order valence-electron chi connectivity index (χ3n) is 4.27. The van der Waals surface area contributed by atoms with E-state index in [2.05, 4.69) is 15.6 Å². The van der Waals surface area contributed by atoms with Crippen LogP contribution in [0.4, 0.5) is 0 Å². The Labute approximate surface area is 169 Å². The molecule has 0 aliphatic heterocycles. The monoisotopic (exact) mass is 411 g/mol. The maximum atomic E-state index is 12.1. The molecule has 3 aromatic carbocycles. The second-order valence-electron chi connectivity index (χ2n) is 6.37. The molecule has 8 heteroatoms. The van der Waals surface area contributed by atoms with Gasteiger partial charge in [-0.25, -0.2) is 13.1 Å². The van der Waals surface area contributed by atoms with E-state index >= 15 is 0 Å².